The van der Waals surface area contributed by atoms with Gasteiger partial charge < -0.3 is 5.11 Å². The van der Waals surface area contributed by atoms with Crippen molar-refractivity contribution in [2.24, 2.45) is 0 Å². The first-order valence-electron chi connectivity index (χ1n) is 4.67. The zero-order chi connectivity index (χ0) is 12.4. The van der Waals surface area contributed by atoms with E-state index >= 15 is 0 Å². The standard InChI is InChI=1S/C11H7FN2O3/c12-7-3-1-6(2-4-7)8-5-9(10(15)16)14-11(17)13-8/h1-5H,(H,15,16)(H,13,14,17). The number of aromatic nitrogens is 2. The van der Waals surface area contributed by atoms with E-state index in [1.807, 2.05) is 0 Å². The van der Waals surface area contributed by atoms with Crippen LogP contribution in [0.1, 0.15) is 10.5 Å². The molecule has 0 bridgehead atoms. The van der Waals surface area contributed by atoms with Crippen LogP contribution in [0.2, 0.25) is 0 Å². The first kappa shape index (κ1) is 11.0. The van der Waals surface area contributed by atoms with E-state index in [9.17, 15) is 14.0 Å². The summed E-state index contributed by atoms with van der Waals surface area (Å²) in [5.74, 6) is -1.68. The van der Waals surface area contributed by atoms with Crippen LogP contribution in [0.15, 0.2) is 35.1 Å². The molecular weight excluding hydrogens is 227 g/mol. The van der Waals surface area contributed by atoms with Crippen LogP contribution < -0.4 is 5.69 Å². The number of hydrogen-bond donors (Lipinski definition) is 2. The molecule has 0 saturated heterocycles. The molecule has 0 spiro atoms. The number of carbonyl (C=O) groups is 1. The van der Waals surface area contributed by atoms with E-state index in [0.717, 1.165) is 0 Å². The Kier molecular flexibility index (Phi) is 2.70. The van der Waals surface area contributed by atoms with Gasteiger partial charge in [0.25, 0.3) is 0 Å². The fourth-order valence-corrected chi connectivity index (χ4v) is 1.34. The molecule has 0 fully saturated rings. The summed E-state index contributed by atoms with van der Waals surface area (Å²) in [6.07, 6.45) is 0. The molecule has 86 valence electrons. The molecule has 0 atom stereocenters. The summed E-state index contributed by atoms with van der Waals surface area (Å²) in [7, 11) is 0. The van der Waals surface area contributed by atoms with Gasteiger partial charge in [-0.1, -0.05) is 0 Å². The van der Waals surface area contributed by atoms with E-state index in [4.69, 9.17) is 5.11 Å². The summed E-state index contributed by atoms with van der Waals surface area (Å²) in [6.45, 7) is 0. The van der Waals surface area contributed by atoms with Gasteiger partial charge in [-0.15, -0.1) is 0 Å². The van der Waals surface area contributed by atoms with Crippen LogP contribution in [0, 0.1) is 5.82 Å². The number of halogens is 1. The fourth-order valence-electron chi connectivity index (χ4n) is 1.34. The highest BCUT2D eigenvalue weighted by molar-refractivity contribution is 5.86. The van der Waals surface area contributed by atoms with Crippen LogP contribution in [0.3, 0.4) is 0 Å². The molecule has 0 radical (unpaired) electrons. The topological polar surface area (TPSA) is 83.0 Å². The van der Waals surface area contributed by atoms with Gasteiger partial charge in [-0.3, -0.25) is 4.98 Å². The third-order valence-electron chi connectivity index (χ3n) is 2.12. The molecule has 2 rings (SSSR count). The Bertz CT molecular complexity index is 619. The van der Waals surface area contributed by atoms with Gasteiger partial charge in [0.15, 0.2) is 0 Å². The molecule has 0 unspecified atom stereocenters. The van der Waals surface area contributed by atoms with Gasteiger partial charge in [0.2, 0.25) is 0 Å². The van der Waals surface area contributed by atoms with Crippen LogP contribution >= 0.6 is 0 Å². The highest BCUT2D eigenvalue weighted by atomic mass is 19.1. The average Bonchev–Trinajstić information content (AvgIpc) is 2.29. The van der Waals surface area contributed by atoms with Crippen LogP contribution in [0.5, 0.6) is 0 Å². The Morgan fingerprint density at radius 1 is 1.29 bits per heavy atom. The molecule has 1 heterocycles. The number of aromatic amines is 1. The Balaban J connectivity index is 2.55. The average molecular weight is 234 g/mol. The number of hydrogen-bond acceptors (Lipinski definition) is 3. The lowest BCUT2D eigenvalue weighted by atomic mass is 10.1. The third-order valence-corrected chi connectivity index (χ3v) is 2.12. The van der Waals surface area contributed by atoms with Crippen LogP contribution in [-0.2, 0) is 0 Å². The number of carboxylic acids is 1. The highest BCUT2D eigenvalue weighted by Crippen LogP contribution is 2.16. The lowest BCUT2D eigenvalue weighted by molar-refractivity contribution is 0.0690. The van der Waals surface area contributed by atoms with Crippen LogP contribution in [-0.4, -0.2) is 21.0 Å². The predicted octanol–water partition coefficient (Wildman–Crippen LogP) is 1.27. The first-order chi connectivity index (χ1) is 8.06. The van der Waals surface area contributed by atoms with Gasteiger partial charge in [0.05, 0.1) is 5.69 Å². The second-order valence-corrected chi connectivity index (χ2v) is 3.30. The largest absolute Gasteiger partial charge is 0.477 e. The zero-order valence-electron chi connectivity index (χ0n) is 8.48. The summed E-state index contributed by atoms with van der Waals surface area (Å²) in [5.41, 5.74) is -0.361. The predicted molar refractivity (Wildman–Crippen MR) is 57.2 cm³/mol. The van der Waals surface area contributed by atoms with Crippen molar-refractivity contribution in [2.75, 3.05) is 0 Å². The van der Waals surface area contributed by atoms with E-state index in [-0.39, 0.29) is 11.4 Å². The number of carboxylic acid groups (broad SMARTS) is 1. The number of rotatable bonds is 2. The normalized spacial score (nSPS) is 10.2. The maximum Gasteiger partial charge on any atom is 0.352 e. The van der Waals surface area contributed by atoms with E-state index < -0.39 is 17.5 Å². The molecule has 5 nitrogen and oxygen atoms in total. The molecule has 0 saturated carbocycles. The monoisotopic (exact) mass is 234 g/mol. The van der Waals surface area contributed by atoms with E-state index in [0.29, 0.717) is 5.56 Å². The van der Waals surface area contributed by atoms with Gasteiger partial charge in [-0.25, -0.2) is 14.0 Å². The van der Waals surface area contributed by atoms with Crippen molar-refractivity contribution in [3.63, 3.8) is 0 Å². The smallest absolute Gasteiger partial charge is 0.352 e. The fraction of sp³-hybridized carbons (Fsp3) is 0. The molecule has 17 heavy (non-hydrogen) atoms. The molecule has 0 aliphatic rings. The summed E-state index contributed by atoms with van der Waals surface area (Å²) < 4.78 is 12.7. The molecule has 1 aromatic carbocycles. The molecular formula is C11H7FN2O3. The second-order valence-electron chi connectivity index (χ2n) is 3.30. The number of nitrogens with one attached hydrogen (secondary N) is 1. The van der Waals surface area contributed by atoms with Gasteiger partial charge in [0.1, 0.15) is 11.5 Å². The Labute approximate surface area is 94.6 Å². The van der Waals surface area contributed by atoms with E-state index in [1.165, 1.54) is 30.3 Å². The third kappa shape index (κ3) is 2.36. The van der Waals surface area contributed by atoms with Crippen molar-refractivity contribution >= 4 is 5.97 Å². The minimum absolute atomic E-state index is 0.186. The van der Waals surface area contributed by atoms with Crippen LogP contribution in [0.4, 0.5) is 4.39 Å². The quantitative estimate of drug-likeness (QED) is 0.819. The van der Waals surface area contributed by atoms with Crippen molar-refractivity contribution in [2.45, 2.75) is 0 Å². The van der Waals surface area contributed by atoms with E-state index in [2.05, 4.69) is 9.97 Å². The zero-order valence-corrected chi connectivity index (χ0v) is 8.48. The molecule has 2 aromatic rings. The molecule has 0 amide bonds. The van der Waals surface area contributed by atoms with Gasteiger partial charge in [0, 0.05) is 5.56 Å². The first-order valence-corrected chi connectivity index (χ1v) is 4.67. The van der Waals surface area contributed by atoms with Crippen LogP contribution in [0.25, 0.3) is 11.3 Å². The summed E-state index contributed by atoms with van der Waals surface area (Å²) in [6, 6.07) is 6.47. The van der Waals surface area contributed by atoms with Gasteiger partial charge >= 0.3 is 11.7 Å². The minimum atomic E-state index is -1.26. The molecule has 6 heteroatoms. The van der Waals surface area contributed by atoms with Gasteiger partial charge in [-0.2, -0.15) is 4.98 Å². The summed E-state index contributed by atoms with van der Waals surface area (Å²) in [4.78, 5) is 27.6. The highest BCUT2D eigenvalue weighted by Gasteiger charge is 2.08. The Hall–Kier alpha value is -2.50. The number of aromatic carboxylic acids is 1. The Morgan fingerprint density at radius 2 is 1.94 bits per heavy atom. The number of nitrogens with zero attached hydrogens (tertiary/aromatic N) is 1. The number of benzene rings is 1. The molecule has 1 aromatic heterocycles. The summed E-state index contributed by atoms with van der Waals surface area (Å²) in [5, 5.41) is 8.77. The second kappa shape index (κ2) is 4.17. The van der Waals surface area contributed by atoms with Crippen molar-refractivity contribution in [3.8, 4) is 11.3 Å². The maximum atomic E-state index is 12.7. The summed E-state index contributed by atoms with van der Waals surface area (Å²) >= 11 is 0. The van der Waals surface area contributed by atoms with Crippen molar-refractivity contribution in [1.29, 1.82) is 0 Å². The lowest BCUT2D eigenvalue weighted by Crippen LogP contribution is -2.16. The molecule has 0 aliphatic heterocycles. The lowest BCUT2D eigenvalue weighted by Gasteiger charge is -2.01. The molecule has 2 N–H and O–H groups in total. The van der Waals surface area contributed by atoms with Gasteiger partial charge in [-0.05, 0) is 30.3 Å². The molecule has 0 aliphatic carbocycles. The minimum Gasteiger partial charge on any atom is -0.477 e. The number of H-pyrrole nitrogens is 1. The van der Waals surface area contributed by atoms with Crippen molar-refractivity contribution < 1.29 is 14.3 Å². The van der Waals surface area contributed by atoms with Crippen molar-refractivity contribution in [3.05, 3.63) is 52.3 Å². The van der Waals surface area contributed by atoms with E-state index in [1.54, 1.807) is 0 Å². The maximum absolute atomic E-state index is 12.7. The SMILES string of the molecule is O=C(O)c1cc(-c2ccc(F)cc2)nc(=O)[nH]1. The van der Waals surface area contributed by atoms with Crippen molar-refractivity contribution in [1.82, 2.24) is 9.97 Å². The Morgan fingerprint density at radius 3 is 2.53 bits per heavy atom.